The molecule has 1 aliphatic heterocycles. The Bertz CT molecular complexity index is 699. The summed E-state index contributed by atoms with van der Waals surface area (Å²) in [5, 5.41) is 21.4. The largest absolute Gasteiger partial charge is 0.462 e. The van der Waals surface area contributed by atoms with E-state index in [2.05, 4.69) is 19.9 Å². The van der Waals surface area contributed by atoms with Crippen LogP contribution in [0, 0.1) is 34.0 Å². The molecule has 9 atom stereocenters. The van der Waals surface area contributed by atoms with E-state index in [9.17, 15) is 15.0 Å². The molecule has 4 fully saturated rings. The fourth-order valence-electron chi connectivity index (χ4n) is 7.34. The highest BCUT2D eigenvalue weighted by Crippen LogP contribution is 2.74. The molecule has 0 bridgehead atoms. The van der Waals surface area contributed by atoms with Crippen molar-refractivity contribution in [1.29, 1.82) is 0 Å². The van der Waals surface area contributed by atoms with Gasteiger partial charge in [-0.25, -0.2) is 0 Å². The van der Waals surface area contributed by atoms with E-state index in [0.29, 0.717) is 6.10 Å². The number of carbonyl (C=O) groups is 1. The van der Waals surface area contributed by atoms with Crippen LogP contribution in [0.5, 0.6) is 0 Å². The zero-order chi connectivity index (χ0) is 19.2. The minimum Gasteiger partial charge on any atom is -0.462 e. The van der Waals surface area contributed by atoms with Crippen molar-refractivity contribution in [2.45, 2.75) is 71.2 Å². The number of rotatable bonds is 3. The van der Waals surface area contributed by atoms with E-state index in [1.54, 1.807) is 0 Å². The summed E-state index contributed by atoms with van der Waals surface area (Å²) in [6.07, 6.45) is 6.61. The smallest absolute Gasteiger partial charge is 0.302 e. The van der Waals surface area contributed by atoms with Crippen molar-refractivity contribution in [2.24, 2.45) is 34.0 Å². The maximum Gasteiger partial charge on any atom is 0.302 e. The Morgan fingerprint density at radius 3 is 2.70 bits per heavy atom. The Kier molecular flexibility index (Phi) is 3.75. The van der Waals surface area contributed by atoms with E-state index in [0.717, 1.165) is 38.7 Å². The maximum atomic E-state index is 11.7. The number of hydrogen-bond acceptors (Lipinski definition) is 5. The van der Waals surface area contributed by atoms with E-state index in [4.69, 9.17) is 9.47 Å². The van der Waals surface area contributed by atoms with Crippen LogP contribution in [-0.4, -0.2) is 47.7 Å². The number of carbonyl (C=O) groups excluding carboxylic acids is 1. The molecule has 0 aromatic carbocycles. The minimum absolute atomic E-state index is 0.110. The van der Waals surface area contributed by atoms with E-state index in [1.807, 2.05) is 0 Å². The van der Waals surface area contributed by atoms with Crippen molar-refractivity contribution in [3.05, 3.63) is 11.6 Å². The Labute approximate surface area is 161 Å². The highest BCUT2D eigenvalue weighted by atomic mass is 16.6. The van der Waals surface area contributed by atoms with Crippen molar-refractivity contribution in [3.8, 4) is 0 Å². The molecule has 0 radical (unpaired) electrons. The van der Waals surface area contributed by atoms with Gasteiger partial charge < -0.3 is 19.7 Å². The first kappa shape index (κ1) is 18.1. The van der Waals surface area contributed by atoms with Gasteiger partial charge in [-0.05, 0) is 43.4 Å². The first-order valence-corrected chi connectivity index (χ1v) is 10.5. The molecule has 0 aromatic heterocycles. The fraction of sp³-hybridized carbons (Fsp3) is 0.864. The molecule has 1 saturated heterocycles. The lowest BCUT2D eigenvalue weighted by atomic mass is 9.48. The third kappa shape index (κ3) is 2.44. The first-order chi connectivity index (χ1) is 12.7. The normalized spacial score (nSPS) is 55.5. The SMILES string of the molecule is CC(=O)O[C@@H]1C[C@@]2(C)C3=CC[C@](C)([C@H]4CO4)C[C@H]3[C@H](O)C[C@@H]2[C@@]2(CO)C[C@@H]12. The van der Waals surface area contributed by atoms with Crippen LogP contribution < -0.4 is 0 Å². The Morgan fingerprint density at radius 2 is 2.07 bits per heavy atom. The van der Waals surface area contributed by atoms with E-state index in [-0.39, 0.29) is 58.8 Å². The molecular formula is C22H32O5. The van der Waals surface area contributed by atoms with E-state index >= 15 is 0 Å². The van der Waals surface area contributed by atoms with Gasteiger partial charge in [0.1, 0.15) is 6.10 Å². The Balaban J connectivity index is 1.52. The molecule has 1 heterocycles. The van der Waals surface area contributed by atoms with Gasteiger partial charge in [0.05, 0.1) is 18.8 Å². The molecule has 0 aromatic rings. The van der Waals surface area contributed by atoms with Gasteiger partial charge in [-0.2, -0.15) is 0 Å². The van der Waals surface area contributed by atoms with Crippen LogP contribution >= 0.6 is 0 Å². The molecule has 2 N–H and O–H groups in total. The lowest BCUT2D eigenvalue weighted by Crippen LogP contribution is -2.55. The monoisotopic (exact) mass is 376 g/mol. The Hall–Kier alpha value is -0.910. The number of hydrogen-bond donors (Lipinski definition) is 2. The molecule has 5 aliphatic rings. The second-order valence-electron chi connectivity index (χ2n) is 10.5. The van der Waals surface area contributed by atoms with Crippen LogP contribution in [0.3, 0.4) is 0 Å². The van der Waals surface area contributed by atoms with Crippen molar-refractivity contribution in [2.75, 3.05) is 13.2 Å². The molecular weight excluding hydrogens is 344 g/mol. The number of aliphatic hydroxyl groups is 2. The van der Waals surface area contributed by atoms with Gasteiger partial charge in [0.25, 0.3) is 0 Å². The maximum absolute atomic E-state index is 11.7. The number of allylic oxidation sites excluding steroid dienone is 1. The fourth-order valence-corrected chi connectivity index (χ4v) is 7.34. The van der Waals surface area contributed by atoms with Crippen molar-refractivity contribution >= 4 is 5.97 Å². The van der Waals surface area contributed by atoms with Crippen molar-refractivity contribution in [1.82, 2.24) is 0 Å². The first-order valence-electron chi connectivity index (χ1n) is 10.5. The average molecular weight is 376 g/mol. The molecule has 150 valence electrons. The quantitative estimate of drug-likeness (QED) is 0.449. The van der Waals surface area contributed by atoms with Gasteiger partial charge in [0.2, 0.25) is 0 Å². The molecule has 0 spiro atoms. The topological polar surface area (TPSA) is 79.3 Å². The summed E-state index contributed by atoms with van der Waals surface area (Å²) in [4.78, 5) is 11.7. The zero-order valence-corrected chi connectivity index (χ0v) is 16.6. The lowest BCUT2D eigenvalue weighted by molar-refractivity contribution is -0.158. The van der Waals surface area contributed by atoms with Gasteiger partial charge in [0.15, 0.2) is 0 Å². The summed E-state index contributed by atoms with van der Waals surface area (Å²) in [6, 6.07) is 0. The molecule has 5 nitrogen and oxygen atoms in total. The van der Waals surface area contributed by atoms with Crippen LogP contribution in [0.2, 0.25) is 0 Å². The van der Waals surface area contributed by atoms with E-state index < -0.39 is 0 Å². The molecule has 4 aliphatic carbocycles. The van der Waals surface area contributed by atoms with Crippen molar-refractivity contribution in [3.63, 3.8) is 0 Å². The predicted octanol–water partition coefficient (Wildman–Crippen LogP) is 2.45. The Morgan fingerprint density at radius 1 is 1.33 bits per heavy atom. The van der Waals surface area contributed by atoms with Gasteiger partial charge in [-0.3, -0.25) is 4.79 Å². The van der Waals surface area contributed by atoms with Gasteiger partial charge >= 0.3 is 5.97 Å². The highest BCUT2D eigenvalue weighted by molar-refractivity contribution is 5.66. The average Bonchev–Trinajstić information content (AvgIpc) is 3.50. The molecule has 27 heavy (non-hydrogen) atoms. The number of ether oxygens (including phenoxy) is 2. The summed E-state index contributed by atoms with van der Waals surface area (Å²) in [7, 11) is 0. The second-order valence-corrected chi connectivity index (χ2v) is 10.5. The third-order valence-corrected chi connectivity index (χ3v) is 8.91. The summed E-state index contributed by atoms with van der Waals surface area (Å²) in [5.41, 5.74) is 1.14. The molecule has 3 saturated carbocycles. The van der Waals surface area contributed by atoms with Crippen LogP contribution in [0.1, 0.15) is 52.9 Å². The van der Waals surface area contributed by atoms with Crippen LogP contribution in [0.25, 0.3) is 0 Å². The van der Waals surface area contributed by atoms with Crippen molar-refractivity contribution < 1.29 is 24.5 Å². The van der Waals surface area contributed by atoms with Crippen LogP contribution in [0.15, 0.2) is 11.6 Å². The second kappa shape index (κ2) is 5.58. The number of aliphatic hydroxyl groups excluding tert-OH is 2. The van der Waals surface area contributed by atoms with Crippen LogP contribution in [0.4, 0.5) is 0 Å². The lowest BCUT2D eigenvalue weighted by Gasteiger charge is -2.58. The van der Waals surface area contributed by atoms with Gasteiger partial charge in [0, 0.05) is 36.2 Å². The van der Waals surface area contributed by atoms with Crippen LogP contribution in [-0.2, 0) is 14.3 Å². The standard InChI is InChI=1S/C22H32O5/c1-12(24)27-17-9-21(3)14-4-5-20(2,19-10-26-19)7-13(14)16(25)6-18(21)22(11-23)8-15(17)22/h4,13,15-19,23,25H,5-11H2,1-3H3/t13-,15+,16-,17-,18+,19-,20+,21+,22-/m1/s1. The number of fused-ring (bicyclic) bond motifs is 5. The molecule has 5 heteroatoms. The zero-order valence-electron chi connectivity index (χ0n) is 16.6. The number of epoxide rings is 1. The van der Waals surface area contributed by atoms with E-state index in [1.165, 1.54) is 12.5 Å². The molecule has 0 unspecified atom stereocenters. The highest BCUT2D eigenvalue weighted by Gasteiger charge is 2.72. The summed E-state index contributed by atoms with van der Waals surface area (Å²) in [6.45, 7) is 7.01. The summed E-state index contributed by atoms with van der Waals surface area (Å²) < 4.78 is 11.3. The minimum atomic E-state index is -0.359. The number of esters is 1. The molecule has 0 amide bonds. The summed E-state index contributed by atoms with van der Waals surface area (Å²) >= 11 is 0. The molecule has 5 rings (SSSR count). The van der Waals surface area contributed by atoms with Gasteiger partial charge in [-0.15, -0.1) is 0 Å². The third-order valence-electron chi connectivity index (χ3n) is 8.91. The van der Waals surface area contributed by atoms with Gasteiger partial charge in [-0.1, -0.05) is 25.5 Å². The summed E-state index contributed by atoms with van der Waals surface area (Å²) in [5.74, 6) is 0.413. The predicted molar refractivity (Wildman–Crippen MR) is 98.7 cm³/mol.